The van der Waals surface area contributed by atoms with Gasteiger partial charge in [0.15, 0.2) is 0 Å². The number of H-pyrrole nitrogens is 2. The second-order valence-corrected chi connectivity index (χ2v) is 4.62. The van der Waals surface area contributed by atoms with Crippen LogP contribution in [0.15, 0.2) is 42.9 Å². The molecule has 0 aliphatic carbocycles. The number of rotatable bonds is 2. The van der Waals surface area contributed by atoms with Gasteiger partial charge in [0, 0.05) is 29.7 Å². The number of hydrogen-bond acceptors (Lipinski definition) is 5. The predicted octanol–water partition coefficient (Wildman–Crippen LogP) is 1.99. The van der Waals surface area contributed by atoms with E-state index in [2.05, 4.69) is 30.4 Å². The molecule has 4 aromatic rings. The largest absolute Gasteiger partial charge is 0.384 e. The molecule has 4 heterocycles. The van der Waals surface area contributed by atoms with Crippen LogP contribution in [-0.4, -0.2) is 30.4 Å². The maximum atomic E-state index is 5.90. The molecule has 0 aliphatic heterocycles. The van der Waals surface area contributed by atoms with Crippen LogP contribution in [-0.2, 0) is 0 Å². The van der Waals surface area contributed by atoms with Crippen molar-refractivity contribution in [3.63, 3.8) is 0 Å². The third-order valence-corrected chi connectivity index (χ3v) is 3.25. The molecule has 0 atom stereocenters. The Balaban J connectivity index is 1.97. The number of hydrogen-bond donors (Lipinski definition) is 3. The van der Waals surface area contributed by atoms with E-state index < -0.39 is 0 Å². The van der Waals surface area contributed by atoms with E-state index in [9.17, 15) is 0 Å². The van der Waals surface area contributed by atoms with Crippen molar-refractivity contribution in [2.75, 3.05) is 5.73 Å². The number of nitrogens with one attached hydrogen (secondary N) is 2. The first kappa shape index (κ1) is 11.6. The van der Waals surface area contributed by atoms with Gasteiger partial charge in [-0.1, -0.05) is 0 Å². The van der Waals surface area contributed by atoms with Crippen molar-refractivity contribution in [2.45, 2.75) is 0 Å². The fourth-order valence-electron chi connectivity index (χ4n) is 2.30. The Morgan fingerprint density at radius 1 is 1.14 bits per heavy atom. The van der Waals surface area contributed by atoms with Crippen LogP contribution >= 0.6 is 0 Å². The first-order valence-corrected chi connectivity index (χ1v) is 6.37. The van der Waals surface area contributed by atoms with Crippen molar-refractivity contribution in [3.8, 4) is 22.5 Å². The maximum absolute atomic E-state index is 5.90. The van der Waals surface area contributed by atoms with Crippen molar-refractivity contribution in [2.24, 2.45) is 0 Å². The van der Waals surface area contributed by atoms with E-state index in [1.165, 1.54) is 0 Å². The van der Waals surface area contributed by atoms with Crippen molar-refractivity contribution in [3.05, 3.63) is 42.9 Å². The fourth-order valence-corrected chi connectivity index (χ4v) is 2.30. The summed E-state index contributed by atoms with van der Waals surface area (Å²) >= 11 is 0. The summed E-state index contributed by atoms with van der Waals surface area (Å²) in [7, 11) is 0. The lowest BCUT2D eigenvalue weighted by Crippen LogP contribution is -1.95. The zero-order chi connectivity index (χ0) is 14.2. The average molecular weight is 277 g/mol. The first-order chi connectivity index (χ1) is 10.3. The van der Waals surface area contributed by atoms with E-state index in [0.717, 1.165) is 33.5 Å². The molecule has 102 valence electrons. The Bertz CT molecular complexity index is 895. The molecule has 0 aliphatic rings. The molecule has 7 nitrogen and oxygen atoms in total. The van der Waals surface area contributed by atoms with Crippen LogP contribution in [0.5, 0.6) is 0 Å². The number of anilines is 1. The minimum Gasteiger partial charge on any atom is -0.384 e. The number of pyridine rings is 2. The molecular weight excluding hydrogens is 266 g/mol. The molecule has 0 amide bonds. The highest BCUT2D eigenvalue weighted by molar-refractivity contribution is 5.93. The van der Waals surface area contributed by atoms with Gasteiger partial charge in [-0.2, -0.15) is 10.2 Å². The van der Waals surface area contributed by atoms with Gasteiger partial charge >= 0.3 is 0 Å². The molecule has 0 saturated heterocycles. The summed E-state index contributed by atoms with van der Waals surface area (Å²) in [5.74, 6) is 0.434. The third-order valence-electron chi connectivity index (χ3n) is 3.25. The first-order valence-electron chi connectivity index (χ1n) is 6.37. The van der Waals surface area contributed by atoms with Crippen molar-refractivity contribution in [1.82, 2.24) is 30.4 Å². The normalized spacial score (nSPS) is 11.0. The monoisotopic (exact) mass is 277 g/mol. The molecule has 4 aromatic heterocycles. The van der Waals surface area contributed by atoms with Gasteiger partial charge < -0.3 is 5.73 Å². The Morgan fingerprint density at radius 3 is 2.86 bits per heavy atom. The van der Waals surface area contributed by atoms with Crippen LogP contribution in [0.4, 0.5) is 5.82 Å². The van der Waals surface area contributed by atoms with Crippen molar-refractivity contribution in [1.29, 1.82) is 0 Å². The van der Waals surface area contributed by atoms with Crippen LogP contribution in [0.3, 0.4) is 0 Å². The SMILES string of the molecule is Nc1cc(-c2cc[nH]n2)c2ncc(-c3ccn[nH]3)cc2n1. The van der Waals surface area contributed by atoms with Gasteiger partial charge in [-0.25, -0.2) is 4.98 Å². The van der Waals surface area contributed by atoms with E-state index in [1.54, 1.807) is 24.7 Å². The third kappa shape index (κ3) is 1.91. The molecule has 4 N–H and O–H groups in total. The Hall–Kier alpha value is -3.22. The highest BCUT2D eigenvalue weighted by atomic mass is 15.1. The summed E-state index contributed by atoms with van der Waals surface area (Å²) < 4.78 is 0. The van der Waals surface area contributed by atoms with Crippen molar-refractivity contribution >= 4 is 16.9 Å². The molecule has 21 heavy (non-hydrogen) atoms. The highest BCUT2D eigenvalue weighted by Gasteiger charge is 2.11. The molecule has 0 spiro atoms. The molecule has 0 bridgehead atoms. The van der Waals surface area contributed by atoms with Gasteiger partial charge in [0.25, 0.3) is 0 Å². The molecule has 0 fully saturated rings. The Morgan fingerprint density at radius 2 is 2.10 bits per heavy atom. The maximum Gasteiger partial charge on any atom is 0.124 e. The zero-order valence-electron chi connectivity index (χ0n) is 10.9. The van der Waals surface area contributed by atoms with E-state index in [4.69, 9.17) is 5.73 Å². The summed E-state index contributed by atoms with van der Waals surface area (Å²) in [6.07, 6.45) is 5.24. The second kappa shape index (κ2) is 4.41. The summed E-state index contributed by atoms with van der Waals surface area (Å²) in [4.78, 5) is 8.87. The molecular formula is C14H11N7. The summed E-state index contributed by atoms with van der Waals surface area (Å²) in [6.45, 7) is 0. The number of nitrogen functional groups attached to an aromatic ring is 1. The lowest BCUT2D eigenvalue weighted by molar-refractivity contribution is 1.09. The fraction of sp³-hybridized carbons (Fsp3) is 0. The Kier molecular flexibility index (Phi) is 2.43. The molecule has 7 heteroatoms. The average Bonchev–Trinajstić information content (AvgIpc) is 3.19. The Labute approximate surface area is 119 Å². The van der Waals surface area contributed by atoms with Gasteiger partial charge in [-0.15, -0.1) is 0 Å². The van der Waals surface area contributed by atoms with Gasteiger partial charge in [0.2, 0.25) is 0 Å². The standard InChI is InChI=1S/C14H11N7/c15-13-6-9(11-2-4-18-21-11)14-12(19-13)5-8(7-16-14)10-1-3-17-20-10/h1-7H,(H2,15,19)(H,17,20)(H,18,21). The smallest absolute Gasteiger partial charge is 0.124 e. The van der Waals surface area contributed by atoms with Crippen molar-refractivity contribution < 1.29 is 0 Å². The molecule has 0 aromatic carbocycles. The van der Waals surface area contributed by atoms with Crippen LogP contribution < -0.4 is 5.73 Å². The molecule has 0 unspecified atom stereocenters. The minimum absolute atomic E-state index is 0.434. The lowest BCUT2D eigenvalue weighted by Gasteiger charge is -2.06. The molecule has 0 radical (unpaired) electrons. The summed E-state index contributed by atoms with van der Waals surface area (Å²) in [5.41, 5.74) is 10.8. The van der Waals surface area contributed by atoms with E-state index in [1.807, 2.05) is 18.2 Å². The van der Waals surface area contributed by atoms with E-state index >= 15 is 0 Å². The number of aromatic amines is 2. The zero-order valence-corrected chi connectivity index (χ0v) is 10.9. The molecule has 4 rings (SSSR count). The van der Waals surface area contributed by atoms with Gasteiger partial charge in [0.05, 0.1) is 22.4 Å². The number of fused-ring (bicyclic) bond motifs is 1. The van der Waals surface area contributed by atoms with Gasteiger partial charge in [0.1, 0.15) is 5.82 Å². The predicted molar refractivity (Wildman–Crippen MR) is 79.1 cm³/mol. The topological polar surface area (TPSA) is 109 Å². The van der Waals surface area contributed by atoms with E-state index in [-0.39, 0.29) is 0 Å². The number of aromatic nitrogens is 6. The number of nitrogens with zero attached hydrogens (tertiary/aromatic N) is 4. The van der Waals surface area contributed by atoms with Crippen LogP contribution in [0, 0.1) is 0 Å². The van der Waals surface area contributed by atoms with E-state index in [0.29, 0.717) is 5.82 Å². The number of nitrogens with two attached hydrogens (primary N) is 1. The molecule has 0 saturated carbocycles. The van der Waals surface area contributed by atoms with Crippen LogP contribution in [0.2, 0.25) is 0 Å². The second-order valence-electron chi connectivity index (χ2n) is 4.62. The summed E-state index contributed by atoms with van der Waals surface area (Å²) in [5, 5.41) is 13.8. The summed E-state index contributed by atoms with van der Waals surface area (Å²) in [6, 6.07) is 7.46. The lowest BCUT2D eigenvalue weighted by atomic mass is 10.1. The van der Waals surface area contributed by atoms with Crippen LogP contribution in [0.25, 0.3) is 33.5 Å². The quantitative estimate of drug-likeness (QED) is 0.519. The van der Waals surface area contributed by atoms with Gasteiger partial charge in [-0.05, 0) is 24.3 Å². The minimum atomic E-state index is 0.434. The van der Waals surface area contributed by atoms with Crippen LogP contribution in [0.1, 0.15) is 0 Å². The van der Waals surface area contributed by atoms with Gasteiger partial charge in [-0.3, -0.25) is 15.2 Å². The highest BCUT2D eigenvalue weighted by Crippen LogP contribution is 2.28.